The normalized spacial score (nSPS) is 22.4. The van der Waals surface area contributed by atoms with Crippen LogP contribution in [-0.2, 0) is 16.1 Å². The first-order valence-corrected chi connectivity index (χ1v) is 11.3. The Hall–Kier alpha value is -3.04. The summed E-state index contributed by atoms with van der Waals surface area (Å²) in [5, 5.41) is -0.543. The lowest BCUT2D eigenvalue weighted by Crippen LogP contribution is -2.48. The van der Waals surface area contributed by atoms with Crippen molar-refractivity contribution < 1.29 is 27.9 Å². The number of hydrogen-bond donors (Lipinski definition) is 0. The van der Waals surface area contributed by atoms with Gasteiger partial charge in [0.05, 0.1) is 23.7 Å². The minimum atomic E-state index is -0.823. The van der Waals surface area contributed by atoms with Crippen LogP contribution >= 0.6 is 11.8 Å². The summed E-state index contributed by atoms with van der Waals surface area (Å²) in [6, 6.07) is 9.81. The zero-order chi connectivity index (χ0) is 23.7. The first-order valence-electron chi connectivity index (χ1n) is 10.5. The molecule has 6 nitrogen and oxygen atoms in total. The van der Waals surface area contributed by atoms with E-state index < -0.39 is 22.8 Å². The van der Waals surface area contributed by atoms with Gasteiger partial charge in [0.25, 0.3) is 17.1 Å². The number of benzene rings is 2. The molecule has 172 valence electrons. The Morgan fingerprint density at radius 1 is 1.12 bits per heavy atom. The number of thioether (sulfide) groups is 1. The summed E-state index contributed by atoms with van der Waals surface area (Å²) in [7, 11) is 0. The Kier molecular flexibility index (Phi) is 6.62. The monoisotopic (exact) mass is 472 g/mol. The Morgan fingerprint density at radius 3 is 2.55 bits per heavy atom. The molecule has 2 aromatic carbocycles. The predicted octanol–water partition coefficient (Wildman–Crippen LogP) is 4.45. The van der Waals surface area contributed by atoms with E-state index in [1.807, 2.05) is 13.8 Å². The Labute approximate surface area is 194 Å². The van der Waals surface area contributed by atoms with Crippen LogP contribution in [0.3, 0.4) is 0 Å². The number of amides is 3. The lowest BCUT2D eigenvalue weighted by molar-refractivity contribution is -0.123. The van der Waals surface area contributed by atoms with Gasteiger partial charge in [-0.2, -0.15) is 0 Å². The molecule has 2 unspecified atom stereocenters. The SMILES string of the molecule is CC1CN(C(=O)c2cccc(C=C3SC(=O)N(Cc4ccc(F)cc4F)C3=O)c2)CC(C)O1. The van der Waals surface area contributed by atoms with Gasteiger partial charge in [0.15, 0.2) is 0 Å². The molecular formula is C24H22F2N2O4S. The number of rotatable bonds is 4. The molecule has 2 aliphatic heterocycles. The Balaban J connectivity index is 1.51. The third kappa shape index (κ3) is 5.15. The molecule has 0 saturated carbocycles. The van der Waals surface area contributed by atoms with Gasteiger partial charge in [0.2, 0.25) is 0 Å². The minimum Gasteiger partial charge on any atom is -0.372 e. The molecule has 2 fully saturated rings. The van der Waals surface area contributed by atoms with Gasteiger partial charge >= 0.3 is 0 Å². The van der Waals surface area contributed by atoms with Crippen molar-refractivity contribution in [2.45, 2.75) is 32.6 Å². The maximum absolute atomic E-state index is 14.0. The second kappa shape index (κ2) is 9.44. The molecule has 0 spiro atoms. The van der Waals surface area contributed by atoms with Gasteiger partial charge in [-0.15, -0.1) is 0 Å². The molecule has 33 heavy (non-hydrogen) atoms. The molecule has 3 amide bonds. The van der Waals surface area contributed by atoms with Gasteiger partial charge in [-0.25, -0.2) is 8.78 Å². The molecule has 0 N–H and O–H groups in total. The first-order chi connectivity index (χ1) is 15.7. The van der Waals surface area contributed by atoms with Crippen molar-refractivity contribution in [1.82, 2.24) is 9.80 Å². The number of hydrogen-bond acceptors (Lipinski definition) is 5. The van der Waals surface area contributed by atoms with E-state index in [2.05, 4.69) is 0 Å². The number of morpholine rings is 1. The average molecular weight is 473 g/mol. The number of carbonyl (C=O) groups is 3. The molecule has 2 saturated heterocycles. The van der Waals surface area contributed by atoms with E-state index in [1.165, 1.54) is 12.1 Å². The summed E-state index contributed by atoms with van der Waals surface area (Å²) >= 11 is 0.738. The largest absolute Gasteiger partial charge is 0.372 e. The van der Waals surface area contributed by atoms with Crippen molar-refractivity contribution in [2.75, 3.05) is 13.1 Å². The van der Waals surface area contributed by atoms with Crippen molar-refractivity contribution in [2.24, 2.45) is 0 Å². The van der Waals surface area contributed by atoms with Gasteiger partial charge in [0.1, 0.15) is 11.6 Å². The highest BCUT2D eigenvalue weighted by Gasteiger charge is 2.35. The molecule has 9 heteroatoms. The first kappa shape index (κ1) is 23.1. The molecule has 2 aromatic rings. The fourth-order valence-electron chi connectivity index (χ4n) is 3.90. The van der Waals surface area contributed by atoms with Crippen LogP contribution in [0, 0.1) is 11.6 Å². The number of imide groups is 1. The average Bonchev–Trinajstić information content (AvgIpc) is 3.01. The Morgan fingerprint density at radius 2 is 1.85 bits per heavy atom. The zero-order valence-corrected chi connectivity index (χ0v) is 18.9. The van der Waals surface area contributed by atoms with E-state index >= 15 is 0 Å². The van der Waals surface area contributed by atoms with Crippen LogP contribution in [0.5, 0.6) is 0 Å². The van der Waals surface area contributed by atoms with Gasteiger partial charge in [-0.05, 0) is 55.4 Å². The zero-order valence-electron chi connectivity index (χ0n) is 18.1. The third-order valence-electron chi connectivity index (χ3n) is 5.36. The van der Waals surface area contributed by atoms with E-state index in [-0.39, 0.29) is 35.1 Å². The topological polar surface area (TPSA) is 66.9 Å². The number of nitrogens with zero attached hydrogens (tertiary/aromatic N) is 2. The molecule has 4 rings (SSSR count). The maximum Gasteiger partial charge on any atom is 0.293 e. The molecule has 0 aromatic heterocycles. The van der Waals surface area contributed by atoms with Crippen LogP contribution in [0.25, 0.3) is 6.08 Å². The lowest BCUT2D eigenvalue weighted by Gasteiger charge is -2.35. The third-order valence-corrected chi connectivity index (χ3v) is 6.26. The summed E-state index contributed by atoms with van der Waals surface area (Å²) in [4.78, 5) is 40.9. The molecule has 0 radical (unpaired) electrons. The summed E-state index contributed by atoms with van der Waals surface area (Å²) in [5.41, 5.74) is 1.10. The predicted molar refractivity (Wildman–Crippen MR) is 120 cm³/mol. The summed E-state index contributed by atoms with van der Waals surface area (Å²) < 4.78 is 32.8. The molecule has 0 aliphatic carbocycles. The Bertz CT molecular complexity index is 1140. The van der Waals surface area contributed by atoms with Crippen LogP contribution in [0.1, 0.15) is 35.3 Å². The van der Waals surface area contributed by atoms with Crippen LogP contribution in [0.15, 0.2) is 47.4 Å². The standard InChI is InChI=1S/C24H22F2N2O4S/c1-14-11-27(12-15(2)32-14)22(29)17-5-3-4-16(8-17)9-21-23(30)28(24(31)33-21)13-18-6-7-19(25)10-20(18)26/h3-10,14-15H,11-13H2,1-2H3. The van der Waals surface area contributed by atoms with Gasteiger partial charge in [-0.1, -0.05) is 18.2 Å². The van der Waals surface area contributed by atoms with Crippen molar-refractivity contribution in [3.63, 3.8) is 0 Å². The van der Waals surface area contributed by atoms with Crippen LogP contribution < -0.4 is 0 Å². The number of halogens is 2. The maximum atomic E-state index is 14.0. The number of carbonyl (C=O) groups excluding carboxylic acids is 3. The van der Waals surface area contributed by atoms with Gasteiger partial charge < -0.3 is 9.64 Å². The lowest BCUT2D eigenvalue weighted by atomic mass is 10.1. The van der Waals surface area contributed by atoms with E-state index in [0.717, 1.165) is 22.7 Å². The van der Waals surface area contributed by atoms with E-state index in [9.17, 15) is 23.2 Å². The minimum absolute atomic E-state index is 0.0431. The molecule has 2 heterocycles. The smallest absolute Gasteiger partial charge is 0.293 e. The van der Waals surface area contributed by atoms with Crippen molar-refractivity contribution >= 4 is 34.9 Å². The van der Waals surface area contributed by atoms with E-state index in [1.54, 1.807) is 29.2 Å². The summed E-state index contributed by atoms with van der Waals surface area (Å²) in [6.07, 6.45) is 1.42. The fourth-order valence-corrected chi connectivity index (χ4v) is 4.73. The van der Waals surface area contributed by atoms with Gasteiger partial charge in [-0.3, -0.25) is 19.3 Å². The summed E-state index contributed by atoms with van der Waals surface area (Å²) in [5.74, 6) is -2.26. The highest BCUT2D eigenvalue weighted by atomic mass is 32.2. The van der Waals surface area contributed by atoms with E-state index in [0.29, 0.717) is 30.3 Å². The van der Waals surface area contributed by atoms with E-state index in [4.69, 9.17) is 4.74 Å². The fraction of sp³-hybridized carbons (Fsp3) is 0.292. The van der Waals surface area contributed by atoms with Gasteiger partial charge in [0, 0.05) is 30.3 Å². The molecular weight excluding hydrogens is 450 g/mol. The van der Waals surface area contributed by atoms with Crippen LogP contribution in [0.2, 0.25) is 0 Å². The molecule has 0 bridgehead atoms. The van der Waals surface area contributed by atoms with Crippen LogP contribution in [-0.4, -0.2) is 52.2 Å². The highest BCUT2D eigenvalue weighted by Crippen LogP contribution is 2.33. The highest BCUT2D eigenvalue weighted by molar-refractivity contribution is 8.18. The second-order valence-electron chi connectivity index (χ2n) is 8.10. The van der Waals surface area contributed by atoms with Crippen molar-refractivity contribution in [1.29, 1.82) is 0 Å². The molecule has 2 atom stereocenters. The summed E-state index contributed by atoms with van der Waals surface area (Å²) in [6.45, 7) is 4.53. The molecule has 2 aliphatic rings. The number of ether oxygens (including phenoxy) is 1. The quantitative estimate of drug-likeness (QED) is 0.615. The van der Waals surface area contributed by atoms with Crippen LogP contribution in [0.4, 0.5) is 13.6 Å². The van der Waals surface area contributed by atoms with Crippen molar-refractivity contribution in [3.05, 3.63) is 75.7 Å². The van der Waals surface area contributed by atoms with Crippen molar-refractivity contribution in [3.8, 4) is 0 Å². The second-order valence-corrected chi connectivity index (χ2v) is 9.09.